The predicted octanol–water partition coefficient (Wildman–Crippen LogP) is 1.18. The fourth-order valence-electron chi connectivity index (χ4n) is 1.60. The number of carbonyl (C=O) groups excluding carboxylic acids is 1. The second kappa shape index (κ2) is 10.3. The lowest BCUT2D eigenvalue weighted by Crippen LogP contribution is -2.40. The normalized spacial score (nSPS) is 10.8. The van der Waals surface area contributed by atoms with E-state index in [1.165, 1.54) is 10.5 Å². The third-order valence-corrected chi connectivity index (χ3v) is 2.97. The number of carbonyl (C=O) groups is 1. The van der Waals surface area contributed by atoms with Crippen LogP contribution >= 0.6 is 0 Å². The molecule has 0 aliphatic rings. The van der Waals surface area contributed by atoms with E-state index in [0.717, 1.165) is 5.75 Å². The van der Waals surface area contributed by atoms with E-state index in [9.17, 15) is 4.79 Å². The quantitative estimate of drug-likeness (QED) is 0.327. The van der Waals surface area contributed by atoms with Crippen LogP contribution in [0.5, 0.6) is 5.75 Å². The Kier molecular flexibility index (Phi) is 8.28. The number of aliphatic imine (C=N–C) groups is 1. The van der Waals surface area contributed by atoms with Gasteiger partial charge in [0.25, 0.3) is 0 Å². The smallest absolute Gasteiger partial charge is 0.243 e. The van der Waals surface area contributed by atoms with E-state index in [0.29, 0.717) is 25.7 Å². The van der Waals surface area contributed by atoms with Crippen LogP contribution in [0.3, 0.4) is 0 Å². The second-order valence-electron chi connectivity index (χ2n) is 5.21. The van der Waals surface area contributed by atoms with E-state index in [4.69, 9.17) is 4.74 Å². The number of aryl methyl sites for hydroxylation is 1. The van der Waals surface area contributed by atoms with Crippen LogP contribution in [0.25, 0.3) is 0 Å². The molecule has 6 heteroatoms. The number of hydrogen-bond donors (Lipinski definition) is 2. The molecule has 1 aromatic rings. The van der Waals surface area contributed by atoms with Crippen LogP contribution in [-0.4, -0.2) is 57.1 Å². The maximum absolute atomic E-state index is 11.6. The molecule has 23 heavy (non-hydrogen) atoms. The minimum Gasteiger partial charge on any atom is -0.492 e. The number of nitrogens with zero attached hydrogens (tertiary/aromatic N) is 2. The van der Waals surface area contributed by atoms with Crippen LogP contribution in [0.1, 0.15) is 5.56 Å². The Morgan fingerprint density at radius 3 is 2.61 bits per heavy atom. The van der Waals surface area contributed by atoms with Crippen molar-refractivity contribution in [2.24, 2.45) is 4.99 Å². The molecule has 1 aromatic carbocycles. The lowest BCUT2D eigenvalue weighted by molar-refractivity contribution is -0.127. The zero-order chi connectivity index (χ0) is 17.1. The van der Waals surface area contributed by atoms with Gasteiger partial charge in [0.15, 0.2) is 5.96 Å². The van der Waals surface area contributed by atoms with E-state index in [1.54, 1.807) is 20.2 Å². The number of guanidine groups is 1. The third kappa shape index (κ3) is 7.90. The SMILES string of the molecule is C=CCNC(=NCC(=O)N(C)C)NCCOc1ccc(C)cc1. The molecule has 0 unspecified atom stereocenters. The molecule has 1 rings (SSSR count). The van der Waals surface area contributed by atoms with E-state index in [1.807, 2.05) is 31.2 Å². The van der Waals surface area contributed by atoms with Gasteiger partial charge < -0.3 is 20.3 Å². The summed E-state index contributed by atoms with van der Waals surface area (Å²) in [6, 6.07) is 7.90. The Bertz CT molecular complexity index is 524. The van der Waals surface area contributed by atoms with Gasteiger partial charge in [-0.1, -0.05) is 23.8 Å². The lowest BCUT2D eigenvalue weighted by atomic mass is 10.2. The van der Waals surface area contributed by atoms with Crippen molar-refractivity contribution in [3.8, 4) is 5.75 Å². The lowest BCUT2D eigenvalue weighted by Gasteiger charge is -2.13. The molecule has 126 valence electrons. The molecule has 6 nitrogen and oxygen atoms in total. The van der Waals surface area contributed by atoms with Gasteiger partial charge in [-0.25, -0.2) is 4.99 Å². The van der Waals surface area contributed by atoms with Gasteiger partial charge in [-0.05, 0) is 19.1 Å². The number of ether oxygens (including phenoxy) is 1. The standard InChI is InChI=1S/C17H26N4O2/c1-5-10-18-17(20-13-16(22)21(3)4)19-11-12-23-15-8-6-14(2)7-9-15/h5-9H,1,10-13H2,2-4H3,(H2,18,19,20). The third-order valence-electron chi connectivity index (χ3n) is 2.97. The molecule has 1 amide bonds. The summed E-state index contributed by atoms with van der Waals surface area (Å²) in [5.41, 5.74) is 1.20. The topological polar surface area (TPSA) is 66.0 Å². The molecule has 0 aromatic heterocycles. The number of amides is 1. The summed E-state index contributed by atoms with van der Waals surface area (Å²) in [5, 5.41) is 6.19. The van der Waals surface area contributed by atoms with Crippen molar-refractivity contribution in [2.75, 3.05) is 40.3 Å². The van der Waals surface area contributed by atoms with Crippen molar-refractivity contribution < 1.29 is 9.53 Å². The van der Waals surface area contributed by atoms with Crippen molar-refractivity contribution in [3.05, 3.63) is 42.5 Å². The first-order valence-corrected chi connectivity index (χ1v) is 7.55. The molecule has 0 radical (unpaired) electrons. The summed E-state index contributed by atoms with van der Waals surface area (Å²) >= 11 is 0. The van der Waals surface area contributed by atoms with Crippen LogP contribution in [0, 0.1) is 6.92 Å². The molecule has 2 N–H and O–H groups in total. The van der Waals surface area contributed by atoms with E-state index < -0.39 is 0 Å². The maximum Gasteiger partial charge on any atom is 0.243 e. The van der Waals surface area contributed by atoms with Gasteiger partial charge in [-0.2, -0.15) is 0 Å². The molecular formula is C17H26N4O2. The molecule has 0 heterocycles. The number of benzene rings is 1. The zero-order valence-electron chi connectivity index (χ0n) is 14.1. The summed E-state index contributed by atoms with van der Waals surface area (Å²) in [4.78, 5) is 17.3. The molecule has 0 aliphatic heterocycles. The fourth-order valence-corrected chi connectivity index (χ4v) is 1.60. The molecule has 0 aliphatic carbocycles. The molecule has 0 fully saturated rings. The minimum absolute atomic E-state index is 0.0550. The number of hydrogen-bond acceptors (Lipinski definition) is 3. The highest BCUT2D eigenvalue weighted by Gasteiger charge is 2.04. The number of nitrogens with one attached hydrogen (secondary N) is 2. The number of likely N-dealkylation sites (N-methyl/N-ethyl adjacent to an activating group) is 1. The first kappa shape index (κ1) is 18.5. The van der Waals surface area contributed by atoms with Crippen LogP contribution in [-0.2, 0) is 4.79 Å². The van der Waals surface area contributed by atoms with E-state index in [-0.39, 0.29) is 12.5 Å². The minimum atomic E-state index is -0.0550. The van der Waals surface area contributed by atoms with Crippen LogP contribution in [0.2, 0.25) is 0 Å². The molecular weight excluding hydrogens is 292 g/mol. The van der Waals surface area contributed by atoms with Crippen molar-refractivity contribution >= 4 is 11.9 Å². The average molecular weight is 318 g/mol. The molecule has 0 spiro atoms. The summed E-state index contributed by atoms with van der Waals surface area (Å²) in [5.74, 6) is 1.34. The highest BCUT2D eigenvalue weighted by atomic mass is 16.5. The first-order valence-electron chi connectivity index (χ1n) is 7.55. The predicted molar refractivity (Wildman–Crippen MR) is 93.9 cm³/mol. The highest BCUT2D eigenvalue weighted by molar-refractivity contribution is 5.84. The van der Waals surface area contributed by atoms with Crippen LogP contribution in [0.15, 0.2) is 41.9 Å². The van der Waals surface area contributed by atoms with Crippen molar-refractivity contribution in [2.45, 2.75) is 6.92 Å². The monoisotopic (exact) mass is 318 g/mol. The summed E-state index contributed by atoms with van der Waals surface area (Å²) in [6.45, 7) is 7.43. The van der Waals surface area contributed by atoms with Crippen molar-refractivity contribution in [1.29, 1.82) is 0 Å². The van der Waals surface area contributed by atoms with Gasteiger partial charge in [0.05, 0.1) is 6.54 Å². The van der Waals surface area contributed by atoms with Gasteiger partial charge in [-0.15, -0.1) is 6.58 Å². The van der Waals surface area contributed by atoms with Gasteiger partial charge in [0.2, 0.25) is 5.91 Å². The average Bonchev–Trinajstić information content (AvgIpc) is 2.54. The Balaban J connectivity index is 2.40. The second-order valence-corrected chi connectivity index (χ2v) is 5.21. The van der Waals surface area contributed by atoms with Gasteiger partial charge in [0, 0.05) is 20.6 Å². The van der Waals surface area contributed by atoms with E-state index in [2.05, 4.69) is 22.2 Å². The van der Waals surface area contributed by atoms with Crippen LogP contribution < -0.4 is 15.4 Å². The van der Waals surface area contributed by atoms with Gasteiger partial charge >= 0.3 is 0 Å². The van der Waals surface area contributed by atoms with Gasteiger partial charge in [0.1, 0.15) is 18.9 Å². The Morgan fingerprint density at radius 2 is 2.00 bits per heavy atom. The largest absolute Gasteiger partial charge is 0.492 e. The first-order chi connectivity index (χ1) is 11.0. The summed E-state index contributed by atoms with van der Waals surface area (Å²) < 4.78 is 5.64. The highest BCUT2D eigenvalue weighted by Crippen LogP contribution is 2.10. The van der Waals surface area contributed by atoms with Crippen LogP contribution in [0.4, 0.5) is 0 Å². The summed E-state index contributed by atoms with van der Waals surface area (Å²) in [7, 11) is 3.41. The van der Waals surface area contributed by atoms with Crippen molar-refractivity contribution in [1.82, 2.24) is 15.5 Å². The molecule has 0 saturated carbocycles. The van der Waals surface area contributed by atoms with Crippen molar-refractivity contribution in [3.63, 3.8) is 0 Å². The Labute approximate surface area is 138 Å². The molecule has 0 atom stereocenters. The molecule has 0 saturated heterocycles. The maximum atomic E-state index is 11.6. The molecule has 0 bridgehead atoms. The number of rotatable bonds is 8. The summed E-state index contributed by atoms with van der Waals surface area (Å²) in [6.07, 6.45) is 1.73. The Hall–Kier alpha value is -2.50. The fraction of sp³-hybridized carbons (Fsp3) is 0.412. The van der Waals surface area contributed by atoms with E-state index >= 15 is 0 Å². The Morgan fingerprint density at radius 1 is 1.30 bits per heavy atom. The zero-order valence-corrected chi connectivity index (χ0v) is 14.1. The van der Waals surface area contributed by atoms with Gasteiger partial charge in [-0.3, -0.25) is 4.79 Å².